The minimum atomic E-state index is -0.668. The summed E-state index contributed by atoms with van der Waals surface area (Å²) in [6, 6.07) is 17.5. The number of aromatic nitrogens is 3. The molecule has 1 N–H and O–H groups in total. The summed E-state index contributed by atoms with van der Waals surface area (Å²) in [6.07, 6.45) is 1.46. The lowest BCUT2D eigenvalue weighted by molar-refractivity contribution is -0.116. The Balaban J connectivity index is 1.76. The van der Waals surface area contributed by atoms with E-state index in [1.807, 2.05) is 6.07 Å². The highest BCUT2D eigenvalue weighted by Gasteiger charge is 2.16. The molecule has 0 saturated heterocycles. The summed E-state index contributed by atoms with van der Waals surface area (Å²) in [5.74, 6) is -0.842. The molecule has 4 aromatic rings. The number of benzene rings is 2. The average Bonchev–Trinajstić information content (AvgIpc) is 2.76. The van der Waals surface area contributed by atoms with Crippen LogP contribution < -0.4 is 16.6 Å². The lowest BCUT2D eigenvalue weighted by Gasteiger charge is -2.13. The van der Waals surface area contributed by atoms with Crippen LogP contribution in [0.5, 0.6) is 0 Å². The van der Waals surface area contributed by atoms with Gasteiger partial charge in [-0.2, -0.15) is 0 Å². The van der Waals surface area contributed by atoms with E-state index < -0.39 is 23.0 Å². The number of hydrogen-bond acceptors (Lipinski definition) is 4. The number of nitrogens with one attached hydrogen (secondary N) is 1. The number of anilines is 1. The predicted molar refractivity (Wildman–Crippen MR) is 111 cm³/mol. The van der Waals surface area contributed by atoms with E-state index in [4.69, 9.17) is 0 Å². The summed E-state index contributed by atoms with van der Waals surface area (Å²) in [7, 11) is 0. The summed E-state index contributed by atoms with van der Waals surface area (Å²) >= 11 is 0. The second kappa shape index (κ2) is 8.12. The SMILES string of the molecule is O=C(Cn1c(=O)n(Cc2ccc(F)cc2)c(=O)c2cccnc21)Nc1ccccc1. The van der Waals surface area contributed by atoms with Crippen LogP contribution in [0.25, 0.3) is 11.0 Å². The van der Waals surface area contributed by atoms with Gasteiger partial charge < -0.3 is 5.32 Å². The molecule has 2 aromatic heterocycles. The maximum absolute atomic E-state index is 13.2. The zero-order chi connectivity index (χ0) is 21.1. The van der Waals surface area contributed by atoms with Crippen LogP contribution in [-0.4, -0.2) is 20.0 Å². The van der Waals surface area contributed by atoms with Crippen molar-refractivity contribution >= 4 is 22.6 Å². The summed E-state index contributed by atoms with van der Waals surface area (Å²) in [5.41, 5.74) is 0.114. The van der Waals surface area contributed by atoms with E-state index in [9.17, 15) is 18.8 Å². The predicted octanol–water partition coefficient (Wildman–Crippen LogP) is 2.38. The van der Waals surface area contributed by atoms with Gasteiger partial charge in [-0.1, -0.05) is 30.3 Å². The highest BCUT2D eigenvalue weighted by Crippen LogP contribution is 2.08. The second-order valence-electron chi connectivity index (χ2n) is 6.68. The van der Waals surface area contributed by atoms with Crippen molar-refractivity contribution in [2.24, 2.45) is 0 Å². The smallest absolute Gasteiger partial charge is 0.325 e. The number of fused-ring (bicyclic) bond motifs is 1. The van der Waals surface area contributed by atoms with Crippen LogP contribution in [0.4, 0.5) is 10.1 Å². The number of carbonyl (C=O) groups is 1. The molecule has 150 valence electrons. The van der Waals surface area contributed by atoms with Crippen molar-refractivity contribution in [3.8, 4) is 0 Å². The van der Waals surface area contributed by atoms with E-state index in [-0.39, 0.29) is 24.1 Å². The van der Waals surface area contributed by atoms with Crippen molar-refractivity contribution in [2.45, 2.75) is 13.1 Å². The molecule has 0 fully saturated rings. The monoisotopic (exact) mass is 404 g/mol. The Bertz CT molecular complexity index is 1330. The first-order valence-electron chi connectivity index (χ1n) is 9.20. The molecule has 0 bridgehead atoms. The topological polar surface area (TPSA) is 86.0 Å². The Morgan fingerprint density at radius 2 is 1.67 bits per heavy atom. The van der Waals surface area contributed by atoms with Crippen molar-refractivity contribution in [1.29, 1.82) is 0 Å². The first-order chi connectivity index (χ1) is 14.5. The van der Waals surface area contributed by atoms with Gasteiger partial charge in [0.05, 0.1) is 11.9 Å². The van der Waals surface area contributed by atoms with Gasteiger partial charge in [0.2, 0.25) is 5.91 Å². The Morgan fingerprint density at radius 1 is 0.933 bits per heavy atom. The molecule has 2 heterocycles. The molecule has 4 rings (SSSR count). The first-order valence-corrected chi connectivity index (χ1v) is 9.20. The summed E-state index contributed by atoms with van der Waals surface area (Å²) in [6.45, 7) is -0.367. The molecule has 8 heteroatoms. The lowest BCUT2D eigenvalue weighted by atomic mass is 10.2. The Labute approximate surface area is 170 Å². The quantitative estimate of drug-likeness (QED) is 0.553. The maximum Gasteiger partial charge on any atom is 0.333 e. The molecule has 0 atom stereocenters. The molecule has 0 saturated carbocycles. The molecule has 7 nitrogen and oxygen atoms in total. The second-order valence-corrected chi connectivity index (χ2v) is 6.68. The van der Waals surface area contributed by atoms with Gasteiger partial charge >= 0.3 is 5.69 Å². The van der Waals surface area contributed by atoms with E-state index >= 15 is 0 Å². The minimum Gasteiger partial charge on any atom is -0.325 e. The van der Waals surface area contributed by atoms with Crippen LogP contribution >= 0.6 is 0 Å². The number of halogens is 1. The van der Waals surface area contributed by atoms with Crippen LogP contribution in [0.15, 0.2) is 82.5 Å². The van der Waals surface area contributed by atoms with Gasteiger partial charge in [-0.3, -0.25) is 18.7 Å². The van der Waals surface area contributed by atoms with Crippen molar-refractivity contribution in [1.82, 2.24) is 14.1 Å². The van der Waals surface area contributed by atoms with E-state index in [1.54, 1.807) is 36.4 Å². The molecule has 0 unspecified atom stereocenters. The van der Waals surface area contributed by atoms with Gasteiger partial charge in [0.15, 0.2) is 0 Å². The summed E-state index contributed by atoms with van der Waals surface area (Å²) in [5, 5.41) is 2.93. The molecule has 1 amide bonds. The number of pyridine rings is 1. The third-order valence-corrected chi connectivity index (χ3v) is 4.59. The van der Waals surface area contributed by atoms with Gasteiger partial charge in [-0.25, -0.2) is 14.2 Å². The third kappa shape index (κ3) is 3.88. The molecular formula is C22H17FN4O3. The number of hydrogen-bond donors (Lipinski definition) is 1. The molecule has 0 radical (unpaired) electrons. The molecular weight excluding hydrogens is 387 g/mol. The highest BCUT2D eigenvalue weighted by molar-refractivity contribution is 5.91. The molecule has 2 aromatic carbocycles. The van der Waals surface area contributed by atoms with Crippen LogP contribution in [0.1, 0.15) is 5.56 Å². The van der Waals surface area contributed by atoms with Gasteiger partial charge in [0, 0.05) is 11.9 Å². The number of carbonyl (C=O) groups excluding carboxylic acids is 1. The Kier molecular flexibility index (Phi) is 5.21. The largest absolute Gasteiger partial charge is 0.333 e. The van der Waals surface area contributed by atoms with Gasteiger partial charge in [0.25, 0.3) is 5.56 Å². The summed E-state index contributed by atoms with van der Waals surface area (Å²) < 4.78 is 15.4. The molecule has 0 aliphatic heterocycles. The number of rotatable bonds is 5. The maximum atomic E-state index is 13.2. The zero-order valence-corrected chi connectivity index (χ0v) is 15.8. The fourth-order valence-corrected chi connectivity index (χ4v) is 3.17. The summed E-state index contributed by atoms with van der Waals surface area (Å²) in [4.78, 5) is 42.7. The van der Waals surface area contributed by atoms with Gasteiger partial charge in [0.1, 0.15) is 18.0 Å². The standard InChI is InChI=1S/C22H17FN4O3/c23-16-10-8-15(9-11-16)13-27-21(29)18-7-4-12-24-20(18)26(22(27)30)14-19(28)25-17-5-2-1-3-6-17/h1-12H,13-14H2,(H,25,28). The Hall–Kier alpha value is -4.07. The minimum absolute atomic E-state index is 0.0525. The van der Waals surface area contributed by atoms with Crippen molar-refractivity contribution in [3.63, 3.8) is 0 Å². The third-order valence-electron chi connectivity index (χ3n) is 4.59. The van der Waals surface area contributed by atoms with Crippen molar-refractivity contribution in [3.05, 3.63) is 105 Å². The number of nitrogens with zero attached hydrogens (tertiary/aromatic N) is 3. The molecule has 30 heavy (non-hydrogen) atoms. The Morgan fingerprint density at radius 3 is 2.40 bits per heavy atom. The van der Waals surface area contributed by atoms with E-state index in [2.05, 4.69) is 10.3 Å². The lowest BCUT2D eigenvalue weighted by Crippen LogP contribution is -2.42. The van der Waals surface area contributed by atoms with Crippen LogP contribution in [0.2, 0.25) is 0 Å². The van der Waals surface area contributed by atoms with E-state index in [1.165, 1.54) is 35.0 Å². The van der Waals surface area contributed by atoms with E-state index in [0.717, 1.165) is 4.57 Å². The normalized spacial score (nSPS) is 10.8. The van der Waals surface area contributed by atoms with Crippen molar-refractivity contribution < 1.29 is 9.18 Å². The fraction of sp³-hybridized carbons (Fsp3) is 0.0909. The fourth-order valence-electron chi connectivity index (χ4n) is 3.17. The first kappa shape index (κ1) is 19.3. The molecule has 0 spiro atoms. The molecule has 0 aliphatic rings. The highest BCUT2D eigenvalue weighted by atomic mass is 19.1. The van der Waals surface area contributed by atoms with Crippen LogP contribution in [-0.2, 0) is 17.9 Å². The van der Waals surface area contributed by atoms with Crippen molar-refractivity contribution in [2.75, 3.05) is 5.32 Å². The number of para-hydroxylation sites is 1. The van der Waals surface area contributed by atoms with Gasteiger partial charge in [-0.15, -0.1) is 0 Å². The number of amides is 1. The molecule has 0 aliphatic carbocycles. The van der Waals surface area contributed by atoms with Crippen LogP contribution in [0.3, 0.4) is 0 Å². The van der Waals surface area contributed by atoms with Gasteiger partial charge in [-0.05, 0) is 42.0 Å². The van der Waals surface area contributed by atoms with E-state index in [0.29, 0.717) is 11.3 Å². The zero-order valence-electron chi connectivity index (χ0n) is 15.8. The van der Waals surface area contributed by atoms with Crippen LogP contribution in [0, 0.1) is 5.82 Å². The average molecular weight is 404 g/mol.